The number of esters is 1. The molecule has 6 aliphatic heterocycles. The zero-order valence-corrected chi connectivity index (χ0v) is 55.7. The third-order valence-corrected chi connectivity index (χ3v) is 22.1. The first-order valence-electron chi connectivity index (χ1n) is 34.4. The van der Waals surface area contributed by atoms with Gasteiger partial charge >= 0.3 is 5.97 Å². The molecule has 14 heteroatoms. The first-order chi connectivity index (χ1) is 43.4. The molecule has 4 aliphatic carbocycles. The SMILES string of the molecule is C=C1CC2(CCN(C)CC2)OC1C.CCCc1cc(NCC(C)(C)N(CC)CC)nnc1-c1ccccc1.CN1CC[C@@]23C=C[C@H](O)C[C@@H]2Oc2c(OC(=O)C4CC5CC6CC5CC4C6)ccc(c23)C1.Cc1cccc(C#CCO/N=C/C2CN3CC[C@H]2C3)c1. The highest BCUT2D eigenvalue weighted by atomic mass is 16.6. The maximum atomic E-state index is 13.4. The topological polar surface area (TPSA) is 137 Å². The number of carbonyl (C=O) groups excluding carboxylic acids is 1. The van der Waals surface area contributed by atoms with Gasteiger partial charge in [-0.2, -0.15) is 0 Å². The van der Waals surface area contributed by atoms with E-state index in [0.717, 1.165) is 123 Å². The smallest absolute Gasteiger partial charge is 0.314 e. The molecule has 5 bridgehead atoms. The van der Waals surface area contributed by atoms with Gasteiger partial charge in [0.05, 0.1) is 34.8 Å². The van der Waals surface area contributed by atoms with Crippen molar-refractivity contribution in [2.75, 3.05) is 84.9 Å². The van der Waals surface area contributed by atoms with Crippen LogP contribution in [0, 0.1) is 60.2 Å². The molecular formula is C76H104N8O6. The van der Waals surface area contributed by atoms with Crippen molar-refractivity contribution < 1.29 is 28.9 Å². The number of aromatic nitrogens is 2. The van der Waals surface area contributed by atoms with Gasteiger partial charge in [0, 0.05) is 80.1 Å². The molecule has 484 valence electrons. The summed E-state index contributed by atoms with van der Waals surface area (Å²) < 4.78 is 18.7. The van der Waals surface area contributed by atoms with Crippen LogP contribution in [0.4, 0.5) is 5.82 Å². The monoisotopic (exact) mass is 1220 g/mol. The zero-order valence-electron chi connectivity index (χ0n) is 55.7. The van der Waals surface area contributed by atoms with Crippen molar-refractivity contribution in [2.24, 2.45) is 46.6 Å². The van der Waals surface area contributed by atoms with Crippen molar-refractivity contribution in [3.05, 3.63) is 125 Å². The Balaban J connectivity index is 0.000000129. The predicted molar refractivity (Wildman–Crippen MR) is 361 cm³/mol. The number of benzene rings is 3. The number of hydrogen-bond acceptors (Lipinski definition) is 14. The van der Waals surface area contributed by atoms with E-state index in [2.05, 4.69) is 164 Å². The summed E-state index contributed by atoms with van der Waals surface area (Å²) in [5.74, 6) is 12.6. The van der Waals surface area contributed by atoms with Gasteiger partial charge in [-0.1, -0.05) is 111 Å². The number of carbonyl (C=O) groups is 1. The Bertz CT molecular complexity index is 3230. The highest BCUT2D eigenvalue weighted by Gasteiger charge is 2.54. The molecule has 7 fully saturated rings. The van der Waals surface area contributed by atoms with Crippen LogP contribution >= 0.6 is 0 Å². The molecule has 14 nitrogen and oxygen atoms in total. The van der Waals surface area contributed by atoms with Crippen LogP contribution in [-0.4, -0.2) is 156 Å². The number of piperidine rings is 2. The molecule has 3 aromatic carbocycles. The highest BCUT2D eigenvalue weighted by Crippen LogP contribution is 2.59. The molecule has 2 spiro atoms. The zero-order chi connectivity index (χ0) is 63.2. The van der Waals surface area contributed by atoms with Crippen LogP contribution in [0.3, 0.4) is 0 Å². The molecular weight excluding hydrogens is 1120 g/mol. The van der Waals surface area contributed by atoms with E-state index in [0.29, 0.717) is 30.6 Å². The number of aryl methyl sites for hydroxylation is 2. The number of hydrogen-bond donors (Lipinski definition) is 2. The van der Waals surface area contributed by atoms with Crippen LogP contribution in [0.5, 0.6) is 11.5 Å². The second kappa shape index (κ2) is 28.9. The van der Waals surface area contributed by atoms with Crippen molar-refractivity contribution in [3.63, 3.8) is 0 Å². The lowest BCUT2D eigenvalue weighted by molar-refractivity contribution is -0.143. The third-order valence-electron chi connectivity index (χ3n) is 22.1. The normalized spacial score (nSPS) is 29.8. The number of ether oxygens (including phenoxy) is 3. The molecule has 1 aromatic heterocycles. The van der Waals surface area contributed by atoms with Gasteiger partial charge in [0.1, 0.15) is 11.9 Å². The average molecular weight is 1230 g/mol. The lowest BCUT2D eigenvalue weighted by Gasteiger charge is -2.38. The number of likely N-dealkylation sites (tertiary alicyclic amines) is 1. The lowest BCUT2D eigenvalue weighted by Crippen LogP contribution is -2.48. The fourth-order valence-electron chi connectivity index (χ4n) is 17.1. The first-order valence-corrected chi connectivity index (χ1v) is 34.4. The minimum absolute atomic E-state index is 0.0399. The molecule has 7 heterocycles. The Labute approximate surface area is 538 Å². The molecule has 8 unspecified atom stereocenters. The Morgan fingerprint density at radius 2 is 1.67 bits per heavy atom. The number of likely N-dealkylation sites (N-methyl/N-ethyl adjacent to an activating group) is 1. The molecule has 4 saturated heterocycles. The maximum absolute atomic E-state index is 13.4. The van der Waals surface area contributed by atoms with Crippen LogP contribution < -0.4 is 14.8 Å². The van der Waals surface area contributed by atoms with E-state index in [9.17, 15) is 9.90 Å². The number of aliphatic hydroxyl groups excluding tert-OH is 1. The predicted octanol–water partition coefficient (Wildman–Crippen LogP) is 12.6. The second-order valence-corrected chi connectivity index (χ2v) is 28.9. The minimum atomic E-state index is -0.483. The molecule has 0 radical (unpaired) electrons. The van der Waals surface area contributed by atoms with Crippen LogP contribution in [0.25, 0.3) is 11.3 Å². The molecule has 90 heavy (non-hydrogen) atoms. The number of fused-ring (bicyclic) bond motifs is 4. The summed E-state index contributed by atoms with van der Waals surface area (Å²) in [6, 6.07) is 24.7. The van der Waals surface area contributed by atoms with Gasteiger partial charge in [-0.05, 0) is 215 Å². The van der Waals surface area contributed by atoms with Crippen LogP contribution in [-0.2, 0) is 32.7 Å². The summed E-state index contributed by atoms with van der Waals surface area (Å²) in [7, 11) is 4.33. The molecule has 4 aromatic rings. The summed E-state index contributed by atoms with van der Waals surface area (Å²) >= 11 is 0. The van der Waals surface area contributed by atoms with E-state index >= 15 is 0 Å². The van der Waals surface area contributed by atoms with Gasteiger partial charge in [0.2, 0.25) is 0 Å². The summed E-state index contributed by atoms with van der Waals surface area (Å²) in [6.45, 7) is 30.5. The van der Waals surface area contributed by atoms with E-state index < -0.39 is 6.10 Å². The van der Waals surface area contributed by atoms with E-state index in [-0.39, 0.29) is 40.7 Å². The van der Waals surface area contributed by atoms with E-state index in [1.165, 1.54) is 99.0 Å². The molecule has 14 rings (SSSR count). The largest absolute Gasteiger partial charge is 0.485 e. The standard InChI is InChI=1S/C27H33NO4.C21H32N4.C17H20N2O.C11H19NO/c1-28-7-6-27-5-4-20(29)13-23(27)32-25-22(3-2-16(14-28)24(25)27)31-26(30)21-12-18-9-15-8-17(18)11-19(21)10-15;1-6-12-18-15-19(22-16-21(4,5)25(7-2)8-3)23-24-20(18)17-13-10-9-11-14-17;1-14-4-2-5-15(10-14)6-3-9-20-18-11-17-13-19-8-7-16(17)12-19;1-9-8-11(13-10(9)2)4-6-12(3)7-5-11/h2-5,15,17-21,23,29H,6-14H2,1H3;9-11,13-15H,6-8,12,16H2,1-5H3,(H,22,23);2,4-5,10-11,16-17H,7-9,12-13H2,1H3;10H,1,4-8H2,2-3H3/b;;18-11+;/t15?,17?,18?,19?,20-,21?,23-,27-;;16-,17?;/m0.0./s1. The number of nitrogens with one attached hydrogen (secondary N) is 1. The van der Waals surface area contributed by atoms with Gasteiger partial charge in [-0.25, -0.2) is 0 Å². The third kappa shape index (κ3) is 15.1. The minimum Gasteiger partial charge on any atom is -0.485 e. The molecule has 2 N–H and O–H groups in total. The molecule has 0 amide bonds. The van der Waals surface area contributed by atoms with Gasteiger partial charge in [-0.3, -0.25) is 9.69 Å². The molecule has 3 saturated carbocycles. The van der Waals surface area contributed by atoms with Crippen LogP contribution in [0.1, 0.15) is 146 Å². The molecule has 10 aliphatic rings. The average Bonchev–Trinajstić information content (AvgIpc) is 1.56. The Morgan fingerprint density at radius 3 is 2.38 bits per heavy atom. The maximum Gasteiger partial charge on any atom is 0.314 e. The summed E-state index contributed by atoms with van der Waals surface area (Å²) in [6.07, 6.45) is 20.3. The van der Waals surface area contributed by atoms with E-state index in [1.807, 2.05) is 48.7 Å². The van der Waals surface area contributed by atoms with Gasteiger partial charge in [-0.15, -0.1) is 10.2 Å². The second-order valence-electron chi connectivity index (χ2n) is 28.9. The quantitative estimate of drug-likeness (QED) is 0.0236. The number of aliphatic hydroxyl groups is 1. The Morgan fingerprint density at radius 1 is 0.900 bits per heavy atom. The van der Waals surface area contributed by atoms with Crippen LogP contribution in [0.15, 0.2) is 102 Å². The van der Waals surface area contributed by atoms with Crippen molar-refractivity contribution in [2.45, 2.75) is 173 Å². The fraction of sp³-hybridized carbons (Fsp3) is 0.605. The van der Waals surface area contributed by atoms with Gasteiger partial charge < -0.3 is 44.2 Å². The van der Waals surface area contributed by atoms with E-state index in [1.54, 1.807) is 0 Å². The van der Waals surface area contributed by atoms with Crippen molar-refractivity contribution >= 4 is 18.0 Å². The Kier molecular flexibility index (Phi) is 21.1. The van der Waals surface area contributed by atoms with Crippen molar-refractivity contribution in [3.8, 4) is 34.6 Å². The fourth-order valence-corrected chi connectivity index (χ4v) is 17.1. The summed E-state index contributed by atoms with van der Waals surface area (Å²) in [5.41, 5.74) is 9.35. The summed E-state index contributed by atoms with van der Waals surface area (Å²) in [4.78, 5) is 28.3. The number of rotatable bonds is 14. The molecule has 12 atom stereocenters. The van der Waals surface area contributed by atoms with Crippen molar-refractivity contribution in [1.82, 2.24) is 29.8 Å². The number of nitrogens with zero attached hydrogens (tertiary/aromatic N) is 7. The number of oxime groups is 1. The van der Waals surface area contributed by atoms with Gasteiger partial charge in [0.15, 0.2) is 18.1 Å². The van der Waals surface area contributed by atoms with E-state index in [4.69, 9.17) is 19.0 Å². The van der Waals surface area contributed by atoms with Crippen LogP contribution in [0.2, 0.25) is 0 Å². The highest BCUT2D eigenvalue weighted by molar-refractivity contribution is 5.77. The first kappa shape index (κ1) is 65.6. The van der Waals surface area contributed by atoms with Gasteiger partial charge in [0.25, 0.3) is 0 Å². The summed E-state index contributed by atoms with van der Waals surface area (Å²) in [5, 5.41) is 26.8. The Hall–Kier alpha value is -5.92. The lowest BCUT2D eigenvalue weighted by atomic mass is 9.66. The number of anilines is 1. The van der Waals surface area contributed by atoms with Crippen molar-refractivity contribution in [1.29, 1.82) is 0 Å².